The number of halogens is 3. The molecule has 4 aliphatic rings. The summed E-state index contributed by atoms with van der Waals surface area (Å²) in [5, 5.41) is 16.4. The first-order valence-electron chi connectivity index (χ1n) is 13.9. The second kappa shape index (κ2) is 10.2. The molecule has 3 saturated heterocycles. The molecule has 42 heavy (non-hydrogen) atoms. The summed E-state index contributed by atoms with van der Waals surface area (Å²) in [5.74, 6) is 0.0589. The fourth-order valence-corrected chi connectivity index (χ4v) is 6.89. The van der Waals surface area contributed by atoms with Crippen molar-refractivity contribution in [3.8, 4) is 6.07 Å². The van der Waals surface area contributed by atoms with Crippen LogP contribution in [-0.4, -0.2) is 52.0 Å². The molecule has 4 aliphatic heterocycles. The van der Waals surface area contributed by atoms with E-state index in [0.29, 0.717) is 17.7 Å². The summed E-state index contributed by atoms with van der Waals surface area (Å²) in [4.78, 5) is 28.2. The Bertz CT molecular complexity index is 1680. The lowest BCUT2D eigenvalue weighted by Crippen LogP contribution is -2.57. The highest BCUT2D eigenvalue weighted by Gasteiger charge is 2.44. The second-order valence-electron chi connectivity index (χ2n) is 11.4. The van der Waals surface area contributed by atoms with Crippen LogP contribution in [0.1, 0.15) is 54.5 Å². The number of methoxy groups -OCH3 is 1. The Labute approximate surface area is 240 Å². The van der Waals surface area contributed by atoms with Crippen molar-refractivity contribution in [3.63, 3.8) is 0 Å². The van der Waals surface area contributed by atoms with E-state index < -0.39 is 29.4 Å². The van der Waals surface area contributed by atoms with Crippen LogP contribution in [0.15, 0.2) is 58.5 Å². The minimum Gasteiger partial charge on any atom is -0.466 e. The predicted octanol–water partition coefficient (Wildman–Crippen LogP) is 4.78. The number of anilines is 2. The van der Waals surface area contributed by atoms with Crippen LogP contribution in [0.4, 0.5) is 24.8 Å². The van der Waals surface area contributed by atoms with Crippen molar-refractivity contribution >= 4 is 17.6 Å². The molecule has 0 spiro atoms. The third kappa shape index (κ3) is 4.58. The van der Waals surface area contributed by atoms with Crippen molar-refractivity contribution < 1.29 is 27.2 Å². The zero-order valence-corrected chi connectivity index (χ0v) is 23.2. The van der Waals surface area contributed by atoms with Gasteiger partial charge in [-0.3, -0.25) is 4.90 Å². The number of ether oxygens (including phenoxy) is 1. The average molecular weight is 580 g/mol. The number of esters is 1. The van der Waals surface area contributed by atoms with E-state index in [1.165, 1.54) is 28.7 Å². The molecule has 0 aliphatic carbocycles. The summed E-state index contributed by atoms with van der Waals surface area (Å²) < 4.78 is 48.2. The predicted molar refractivity (Wildman–Crippen MR) is 146 cm³/mol. The molecule has 218 valence electrons. The molecule has 0 amide bonds. The van der Waals surface area contributed by atoms with Gasteiger partial charge in [-0.2, -0.15) is 18.4 Å². The van der Waals surface area contributed by atoms with Gasteiger partial charge in [0, 0.05) is 16.9 Å². The summed E-state index contributed by atoms with van der Waals surface area (Å²) in [6.07, 6.45) is -1.18. The summed E-state index contributed by atoms with van der Waals surface area (Å²) >= 11 is 0. The van der Waals surface area contributed by atoms with Crippen LogP contribution >= 0.6 is 0 Å². The van der Waals surface area contributed by atoms with Crippen LogP contribution in [0.2, 0.25) is 0 Å². The molecule has 1 atom stereocenters. The lowest BCUT2D eigenvalue weighted by atomic mass is 9.84. The Balaban J connectivity index is 1.56. The number of aromatic amines is 1. The first-order valence-corrected chi connectivity index (χ1v) is 13.9. The van der Waals surface area contributed by atoms with Crippen LogP contribution in [0, 0.1) is 17.2 Å². The van der Waals surface area contributed by atoms with Gasteiger partial charge in [0.05, 0.1) is 49.5 Å². The quantitative estimate of drug-likeness (QED) is 0.345. The van der Waals surface area contributed by atoms with Crippen LogP contribution in [0.5, 0.6) is 0 Å². The zero-order valence-electron chi connectivity index (χ0n) is 23.2. The van der Waals surface area contributed by atoms with Crippen LogP contribution in [0.25, 0.3) is 0 Å². The Morgan fingerprint density at radius 2 is 1.88 bits per heavy atom. The van der Waals surface area contributed by atoms with E-state index in [0.717, 1.165) is 67.0 Å². The van der Waals surface area contributed by atoms with Gasteiger partial charge in [-0.1, -0.05) is 12.1 Å². The van der Waals surface area contributed by atoms with Crippen molar-refractivity contribution in [2.24, 2.45) is 5.92 Å². The molecule has 1 N–H and O–H groups in total. The van der Waals surface area contributed by atoms with Gasteiger partial charge in [-0.25, -0.2) is 19.3 Å². The number of nitrogens with one attached hydrogen (secondary N) is 1. The molecule has 0 saturated carbocycles. The van der Waals surface area contributed by atoms with Crippen molar-refractivity contribution in [3.05, 3.63) is 86.5 Å². The number of hydrogen-bond donors (Lipinski definition) is 1. The monoisotopic (exact) mass is 579 g/mol. The third-order valence-corrected chi connectivity index (χ3v) is 9.09. The summed E-state index contributed by atoms with van der Waals surface area (Å²) in [5.41, 5.74) is 0.863. The summed E-state index contributed by atoms with van der Waals surface area (Å²) in [6.45, 7) is 5.28. The van der Waals surface area contributed by atoms with E-state index in [4.69, 9.17) is 4.74 Å². The maximum absolute atomic E-state index is 13.6. The van der Waals surface area contributed by atoms with Crippen molar-refractivity contribution in [2.45, 2.75) is 44.9 Å². The fourth-order valence-electron chi connectivity index (χ4n) is 6.89. The van der Waals surface area contributed by atoms with Gasteiger partial charge >= 0.3 is 17.8 Å². The Kier molecular flexibility index (Phi) is 6.73. The van der Waals surface area contributed by atoms with Crippen molar-refractivity contribution in [1.29, 1.82) is 5.26 Å². The van der Waals surface area contributed by atoms with Gasteiger partial charge < -0.3 is 9.22 Å². The SMILES string of the molecule is COC(=O)C1=C(C)N(c2cccc(C(F)(F)F)c2)c2n[nH]c(=O)n2C1c1ccc(C#N)cc1C[N+]12CCC(CC1)CC2. The molecule has 3 fully saturated rings. The van der Waals surface area contributed by atoms with E-state index in [1.807, 2.05) is 6.07 Å². The van der Waals surface area contributed by atoms with E-state index in [-0.39, 0.29) is 22.9 Å². The lowest BCUT2D eigenvalue weighted by molar-refractivity contribution is -0.955. The average Bonchev–Trinajstić information content (AvgIpc) is 3.37. The van der Waals surface area contributed by atoms with E-state index >= 15 is 0 Å². The van der Waals surface area contributed by atoms with Crippen molar-refractivity contribution in [1.82, 2.24) is 14.8 Å². The molecule has 0 radical (unpaired) electrons. The summed E-state index contributed by atoms with van der Waals surface area (Å²) in [7, 11) is 1.22. The van der Waals surface area contributed by atoms with Gasteiger partial charge in [0.15, 0.2) is 0 Å². The summed E-state index contributed by atoms with van der Waals surface area (Å²) in [6, 6.07) is 11.1. The van der Waals surface area contributed by atoms with E-state index in [2.05, 4.69) is 16.3 Å². The number of quaternary nitrogens is 1. The maximum Gasteiger partial charge on any atom is 0.416 e. The molecule has 12 heteroatoms. The van der Waals surface area contributed by atoms with Gasteiger partial charge in [-0.15, -0.1) is 5.10 Å². The number of benzene rings is 2. The molecule has 1 unspecified atom stereocenters. The Morgan fingerprint density at radius 3 is 2.52 bits per heavy atom. The minimum absolute atomic E-state index is 0.0376. The number of carbonyl (C=O) groups excluding carboxylic acids is 1. The smallest absolute Gasteiger partial charge is 0.416 e. The molecule has 9 nitrogen and oxygen atoms in total. The number of carbonyl (C=O) groups is 1. The minimum atomic E-state index is -4.60. The number of aromatic nitrogens is 3. The molecule has 7 rings (SSSR count). The lowest BCUT2D eigenvalue weighted by Gasteiger charge is -2.49. The van der Waals surface area contributed by atoms with Gasteiger partial charge in [0.2, 0.25) is 5.95 Å². The largest absolute Gasteiger partial charge is 0.466 e. The number of nitriles is 1. The molecule has 2 aromatic carbocycles. The number of allylic oxidation sites excluding steroid dienone is 1. The fraction of sp³-hybridized carbons (Fsp3) is 0.400. The zero-order chi connectivity index (χ0) is 29.8. The number of fused-ring (bicyclic) bond motifs is 4. The van der Waals surface area contributed by atoms with Crippen molar-refractivity contribution in [2.75, 3.05) is 31.6 Å². The van der Waals surface area contributed by atoms with Crippen LogP contribution in [-0.2, 0) is 22.3 Å². The van der Waals surface area contributed by atoms with Gasteiger partial charge in [-0.05, 0) is 68.0 Å². The Morgan fingerprint density at radius 1 is 1.17 bits per heavy atom. The molecular formula is C30H30F3N6O3+. The number of nitrogens with zero attached hydrogens (tertiary/aromatic N) is 5. The first kappa shape index (κ1) is 27.8. The second-order valence-corrected chi connectivity index (χ2v) is 11.4. The highest BCUT2D eigenvalue weighted by Crippen LogP contribution is 2.44. The normalized spacial score (nSPS) is 23.5. The highest BCUT2D eigenvalue weighted by molar-refractivity contribution is 5.93. The number of H-pyrrole nitrogens is 1. The Hall–Kier alpha value is -4.37. The molecule has 3 aromatic rings. The first-order chi connectivity index (χ1) is 20.0. The van der Waals surface area contributed by atoms with Crippen LogP contribution in [0.3, 0.4) is 0 Å². The number of hydrogen-bond acceptors (Lipinski definition) is 6. The van der Waals surface area contributed by atoms with E-state index in [9.17, 15) is 28.0 Å². The van der Waals surface area contributed by atoms with Gasteiger partial charge in [0.1, 0.15) is 12.6 Å². The molecule has 1 aromatic heterocycles. The number of piperidine rings is 3. The standard InChI is InChI=1S/C30H29F3N6O3/c1-18-25(27(40)42-2)26(24-7-6-20(16-34)14-21(24)17-39-11-8-19(9-12-39)10-13-39)38-28(35-36-29(38)41)37(18)23-5-3-4-22(15-23)30(31,32)33/h3-7,14-15,19,26H,8-13,17H2,1-2H3/p+1. The van der Waals surface area contributed by atoms with Gasteiger partial charge in [0.25, 0.3) is 0 Å². The number of alkyl halides is 3. The van der Waals surface area contributed by atoms with Crippen LogP contribution < -0.4 is 10.6 Å². The molecular weight excluding hydrogens is 549 g/mol. The van der Waals surface area contributed by atoms with E-state index in [1.54, 1.807) is 19.1 Å². The maximum atomic E-state index is 13.6. The number of rotatable bonds is 5. The highest BCUT2D eigenvalue weighted by atomic mass is 19.4. The molecule has 5 heterocycles. The third-order valence-electron chi connectivity index (χ3n) is 9.09. The molecule has 2 bridgehead atoms. The topological polar surface area (TPSA) is 104 Å².